The van der Waals surface area contributed by atoms with Crippen molar-refractivity contribution in [3.8, 4) is 0 Å². The van der Waals surface area contributed by atoms with Crippen molar-refractivity contribution in [2.45, 2.75) is 43.8 Å². The summed E-state index contributed by atoms with van der Waals surface area (Å²) in [5.41, 5.74) is 0.0559. The van der Waals surface area contributed by atoms with Crippen LogP contribution in [0.5, 0.6) is 0 Å². The van der Waals surface area contributed by atoms with Gasteiger partial charge in [-0.1, -0.05) is 0 Å². The molecule has 0 atom stereocenters. The second kappa shape index (κ2) is 2.52. The van der Waals surface area contributed by atoms with Crippen molar-refractivity contribution in [3.05, 3.63) is 0 Å². The summed E-state index contributed by atoms with van der Waals surface area (Å²) in [6.07, 6.45) is 4.00. The minimum Gasteiger partial charge on any atom is -0.396 e. The third-order valence-corrected chi connectivity index (χ3v) is 4.44. The van der Waals surface area contributed by atoms with Crippen LogP contribution < -0.4 is 0 Å². The molecule has 0 aromatic rings. The molecular weight excluding hydrogens is 180 g/mol. The van der Waals surface area contributed by atoms with Gasteiger partial charge in [0.05, 0.1) is 17.8 Å². The van der Waals surface area contributed by atoms with Crippen molar-refractivity contribution in [1.29, 1.82) is 0 Å². The number of hydrogen-bond donors (Lipinski definition) is 1. The van der Waals surface area contributed by atoms with Crippen LogP contribution in [0.15, 0.2) is 0 Å². The molecule has 0 unspecified atom stereocenters. The number of hydrogen-bond acceptors (Lipinski definition) is 3. The molecule has 1 spiro atoms. The standard InChI is InChI=1S/C11H18O3/c1-9-6-10(7-9,8-12)11(14-9)2-4-13-5-3-11/h12H,2-8H2,1H3. The van der Waals surface area contributed by atoms with Crippen LogP contribution in [-0.4, -0.2) is 36.1 Å². The van der Waals surface area contributed by atoms with Gasteiger partial charge in [0.25, 0.3) is 0 Å². The molecule has 14 heavy (non-hydrogen) atoms. The van der Waals surface area contributed by atoms with E-state index in [1.165, 1.54) is 0 Å². The summed E-state index contributed by atoms with van der Waals surface area (Å²) >= 11 is 0. The second-order valence-electron chi connectivity index (χ2n) is 5.45. The minimum atomic E-state index is -0.0608. The lowest BCUT2D eigenvalue weighted by atomic mass is 9.55. The Kier molecular flexibility index (Phi) is 1.64. The first kappa shape index (κ1) is 9.13. The van der Waals surface area contributed by atoms with Crippen LogP contribution in [0.3, 0.4) is 0 Å². The van der Waals surface area contributed by atoms with Crippen molar-refractivity contribution >= 4 is 0 Å². The van der Waals surface area contributed by atoms with Crippen LogP contribution in [0.1, 0.15) is 32.6 Å². The van der Waals surface area contributed by atoms with Crippen molar-refractivity contribution in [2.75, 3.05) is 19.8 Å². The molecule has 3 heterocycles. The Labute approximate surface area is 84.4 Å². The van der Waals surface area contributed by atoms with Crippen molar-refractivity contribution in [1.82, 2.24) is 0 Å². The first-order valence-corrected chi connectivity index (χ1v) is 5.53. The normalized spacial score (nSPS) is 49.3. The summed E-state index contributed by atoms with van der Waals surface area (Å²) in [5.74, 6) is 0. The lowest BCUT2D eigenvalue weighted by Crippen LogP contribution is -2.52. The van der Waals surface area contributed by atoms with E-state index in [1.54, 1.807) is 0 Å². The molecule has 3 heteroatoms. The maximum Gasteiger partial charge on any atom is 0.0813 e. The summed E-state index contributed by atoms with van der Waals surface area (Å²) in [6, 6.07) is 0. The lowest BCUT2D eigenvalue weighted by molar-refractivity contribution is -0.121. The molecule has 4 fully saturated rings. The van der Waals surface area contributed by atoms with Gasteiger partial charge < -0.3 is 14.6 Å². The van der Waals surface area contributed by atoms with Gasteiger partial charge in [-0.3, -0.25) is 0 Å². The second-order valence-corrected chi connectivity index (χ2v) is 5.45. The summed E-state index contributed by atoms with van der Waals surface area (Å²) in [7, 11) is 0. The first-order valence-electron chi connectivity index (χ1n) is 5.53. The largest absolute Gasteiger partial charge is 0.396 e. The highest BCUT2D eigenvalue weighted by Gasteiger charge is 2.72. The van der Waals surface area contributed by atoms with E-state index < -0.39 is 0 Å². The third-order valence-electron chi connectivity index (χ3n) is 4.44. The number of aliphatic hydroxyl groups excluding tert-OH is 1. The van der Waals surface area contributed by atoms with E-state index in [0.29, 0.717) is 0 Å². The van der Waals surface area contributed by atoms with Gasteiger partial charge >= 0.3 is 0 Å². The number of rotatable bonds is 1. The molecule has 3 aliphatic heterocycles. The summed E-state index contributed by atoms with van der Waals surface area (Å²) in [4.78, 5) is 0. The van der Waals surface area contributed by atoms with Gasteiger partial charge in [-0.2, -0.15) is 0 Å². The van der Waals surface area contributed by atoms with Crippen LogP contribution in [-0.2, 0) is 9.47 Å². The zero-order valence-corrected chi connectivity index (χ0v) is 8.71. The molecule has 3 saturated heterocycles. The predicted molar refractivity (Wildman–Crippen MR) is 51.0 cm³/mol. The van der Waals surface area contributed by atoms with Gasteiger partial charge in [-0.05, 0) is 19.8 Å². The zero-order valence-electron chi connectivity index (χ0n) is 8.71. The molecule has 1 N–H and O–H groups in total. The van der Waals surface area contributed by atoms with Gasteiger partial charge in [0.1, 0.15) is 0 Å². The van der Waals surface area contributed by atoms with Gasteiger partial charge in [0.2, 0.25) is 0 Å². The van der Waals surface area contributed by atoms with Crippen LogP contribution >= 0.6 is 0 Å². The van der Waals surface area contributed by atoms with E-state index in [9.17, 15) is 5.11 Å². The Morgan fingerprint density at radius 1 is 1.21 bits per heavy atom. The van der Waals surface area contributed by atoms with Gasteiger partial charge in [-0.25, -0.2) is 0 Å². The smallest absolute Gasteiger partial charge is 0.0813 e. The molecule has 80 valence electrons. The summed E-state index contributed by atoms with van der Waals surface area (Å²) < 4.78 is 11.6. The quantitative estimate of drug-likeness (QED) is 0.685. The van der Waals surface area contributed by atoms with Crippen molar-refractivity contribution in [2.24, 2.45) is 5.41 Å². The average molecular weight is 198 g/mol. The highest BCUT2D eigenvalue weighted by molar-refractivity contribution is 5.20. The number of aliphatic hydroxyl groups is 1. The van der Waals surface area contributed by atoms with Crippen LogP contribution in [0.2, 0.25) is 0 Å². The highest BCUT2D eigenvalue weighted by atomic mass is 16.6. The lowest BCUT2D eigenvalue weighted by Gasteiger charge is -2.47. The maximum absolute atomic E-state index is 9.57. The SMILES string of the molecule is CC12CC(CO)(C1)C1(CCOCC1)O2. The third kappa shape index (κ3) is 0.884. The van der Waals surface area contributed by atoms with E-state index in [-0.39, 0.29) is 23.2 Å². The summed E-state index contributed by atoms with van der Waals surface area (Å²) in [5, 5.41) is 9.57. The Bertz CT molecular complexity index is 249. The van der Waals surface area contributed by atoms with E-state index >= 15 is 0 Å². The van der Waals surface area contributed by atoms with Crippen molar-refractivity contribution < 1.29 is 14.6 Å². The predicted octanol–water partition coefficient (Wildman–Crippen LogP) is 1.10. The fraction of sp³-hybridized carbons (Fsp3) is 1.00. The molecule has 0 amide bonds. The molecule has 4 rings (SSSR count). The monoisotopic (exact) mass is 198 g/mol. The molecule has 1 aliphatic carbocycles. The highest BCUT2D eigenvalue weighted by Crippen LogP contribution is 2.68. The maximum atomic E-state index is 9.57. The topological polar surface area (TPSA) is 38.7 Å². The Morgan fingerprint density at radius 3 is 2.43 bits per heavy atom. The molecule has 1 saturated carbocycles. The molecule has 0 aromatic carbocycles. The molecule has 0 radical (unpaired) electrons. The van der Waals surface area contributed by atoms with Gasteiger partial charge in [0.15, 0.2) is 0 Å². The van der Waals surface area contributed by atoms with Gasteiger partial charge in [-0.15, -0.1) is 0 Å². The fourth-order valence-corrected chi connectivity index (χ4v) is 3.94. The van der Waals surface area contributed by atoms with Crippen LogP contribution in [0.4, 0.5) is 0 Å². The number of ether oxygens (including phenoxy) is 2. The Morgan fingerprint density at radius 2 is 1.86 bits per heavy atom. The van der Waals surface area contributed by atoms with E-state index in [1.807, 2.05) is 0 Å². The minimum absolute atomic E-state index is 0.0556. The molecular formula is C11H18O3. The molecule has 2 bridgehead atoms. The van der Waals surface area contributed by atoms with E-state index in [4.69, 9.17) is 9.47 Å². The Balaban J connectivity index is 1.92. The average Bonchev–Trinajstić information content (AvgIpc) is 2.49. The molecule has 0 aromatic heterocycles. The van der Waals surface area contributed by atoms with Crippen molar-refractivity contribution in [3.63, 3.8) is 0 Å². The zero-order chi connectivity index (χ0) is 9.86. The Hall–Kier alpha value is -0.120. The summed E-state index contributed by atoms with van der Waals surface area (Å²) in [6.45, 7) is 4.03. The van der Waals surface area contributed by atoms with Crippen LogP contribution in [0, 0.1) is 5.41 Å². The molecule has 4 aliphatic rings. The van der Waals surface area contributed by atoms with Crippen LogP contribution in [0.25, 0.3) is 0 Å². The van der Waals surface area contributed by atoms with Gasteiger partial charge in [0, 0.05) is 31.5 Å². The fourth-order valence-electron chi connectivity index (χ4n) is 3.94. The van der Waals surface area contributed by atoms with E-state index in [2.05, 4.69) is 6.92 Å². The van der Waals surface area contributed by atoms with E-state index in [0.717, 1.165) is 38.9 Å². The molecule has 3 nitrogen and oxygen atoms in total. The first-order chi connectivity index (χ1) is 6.64.